The van der Waals surface area contributed by atoms with Crippen LogP contribution >= 0.6 is 0 Å². The number of nitrogens with one attached hydrogen (secondary N) is 1. The molecule has 1 aliphatic carbocycles. The van der Waals surface area contributed by atoms with Crippen LogP contribution in [0.25, 0.3) is 0 Å². The summed E-state index contributed by atoms with van der Waals surface area (Å²) in [5, 5.41) is 14.4. The van der Waals surface area contributed by atoms with E-state index in [2.05, 4.69) is 17.1 Å². The summed E-state index contributed by atoms with van der Waals surface area (Å²) in [6, 6.07) is 1.39. The van der Waals surface area contributed by atoms with Gasteiger partial charge in [0, 0.05) is 25.2 Å². The summed E-state index contributed by atoms with van der Waals surface area (Å²) < 4.78 is 0. The molecule has 0 amide bonds. The van der Waals surface area contributed by atoms with Crippen LogP contribution in [0.4, 0.5) is 0 Å². The molecule has 2 saturated heterocycles. The Labute approximate surface area is 111 Å². The predicted octanol–water partition coefficient (Wildman–Crippen LogP) is 1.75. The Hall–Kier alpha value is -0.120. The van der Waals surface area contributed by atoms with Gasteiger partial charge in [-0.2, -0.15) is 0 Å². The maximum atomic E-state index is 10.7. The van der Waals surface area contributed by atoms with Gasteiger partial charge in [0.2, 0.25) is 0 Å². The molecule has 104 valence electrons. The molecule has 2 N–H and O–H groups in total. The van der Waals surface area contributed by atoms with Gasteiger partial charge in [-0.1, -0.05) is 19.8 Å². The minimum absolute atomic E-state index is 0.427. The molecule has 2 heterocycles. The predicted molar refractivity (Wildman–Crippen MR) is 73.6 cm³/mol. The van der Waals surface area contributed by atoms with Crippen LogP contribution in [0.3, 0.4) is 0 Å². The molecule has 0 radical (unpaired) electrons. The lowest BCUT2D eigenvalue weighted by Gasteiger charge is -2.37. The first-order chi connectivity index (χ1) is 8.66. The molecular formula is C15H28N2O. The molecule has 3 heteroatoms. The number of aliphatic hydroxyl groups is 1. The molecule has 0 aromatic heterocycles. The van der Waals surface area contributed by atoms with Crippen molar-refractivity contribution in [2.24, 2.45) is 5.92 Å². The lowest BCUT2D eigenvalue weighted by atomic mass is 9.79. The van der Waals surface area contributed by atoms with Gasteiger partial charge in [0.05, 0.1) is 5.60 Å². The van der Waals surface area contributed by atoms with Gasteiger partial charge in [-0.05, 0) is 44.6 Å². The lowest BCUT2D eigenvalue weighted by molar-refractivity contribution is -0.0142. The Bertz CT molecular complexity index is 296. The Morgan fingerprint density at radius 2 is 2.11 bits per heavy atom. The molecule has 18 heavy (non-hydrogen) atoms. The Balaban J connectivity index is 1.51. The Kier molecular flexibility index (Phi) is 3.65. The quantitative estimate of drug-likeness (QED) is 0.803. The minimum atomic E-state index is -0.427. The second-order valence-corrected chi connectivity index (χ2v) is 6.95. The van der Waals surface area contributed by atoms with E-state index in [0.29, 0.717) is 12.0 Å². The Morgan fingerprint density at radius 1 is 1.22 bits per heavy atom. The van der Waals surface area contributed by atoms with Crippen molar-refractivity contribution < 1.29 is 5.11 Å². The van der Waals surface area contributed by atoms with E-state index < -0.39 is 5.60 Å². The van der Waals surface area contributed by atoms with Gasteiger partial charge in [-0.3, -0.25) is 4.90 Å². The van der Waals surface area contributed by atoms with Crippen LogP contribution in [-0.4, -0.2) is 47.3 Å². The number of hydrogen-bond acceptors (Lipinski definition) is 3. The van der Waals surface area contributed by atoms with Crippen molar-refractivity contribution in [2.45, 2.75) is 69.6 Å². The fraction of sp³-hybridized carbons (Fsp3) is 1.00. The number of fused-ring (bicyclic) bond motifs is 1. The largest absolute Gasteiger partial charge is 0.389 e. The van der Waals surface area contributed by atoms with E-state index in [9.17, 15) is 5.11 Å². The highest BCUT2D eigenvalue weighted by Gasteiger charge is 2.39. The van der Waals surface area contributed by atoms with E-state index in [4.69, 9.17) is 0 Å². The zero-order chi connectivity index (χ0) is 12.6. The third kappa shape index (κ3) is 2.59. The van der Waals surface area contributed by atoms with Gasteiger partial charge >= 0.3 is 0 Å². The van der Waals surface area contributed by atoms with E-state index in [1.165, 1.54) is 45.2 Å². The summed E-state index contributed by atoms with van der Waals surface area (Å²) in [5.41, 5.74) is -0.427. The highest BCUT2D eigenvalue weighted by atomic mass is 16.3. The van der Waals surface area contributed by atoms with Crippen LogP contribution in [0.2, 0.25) is 0 Å². The fourth-order valence-corrected chi connectivity index (χ4v) is 4.43. The first kappa shape index (κ1) is 12.9. The van der Waals surface area contributed by atoms with E-state index >= 15 is 0 Å². The molecule has 3 rings (SSSR count). The third-order valence-corrected chi connectivity index (χ3v) is 5.37. The fourth-order valence-electron chi connectivity index (χ4n) is 4.43. The van der Waals surface area contributed by atoms with Crippen molar-refractivity contribution in [2.75, 3.05) is 19.6 Å². The van der Waals surface area contributed by atoms with Crippen LogP contribution < -0.4 is 5.32 Å². The van der Waals surface area contributed by atoms with Crippen molar-refractivity contribution >= 4 is 0 Å². The highest BCUT2D eigenvalue weighted by Crippen LogP contribution is 2.33. The summed E-state index contributed by atoms with van der Waals surface area (Å²) in [6.07, 6.45) is 8.46. The van der Waals surface area contributed by atoms with Gasteiger partial charge in [-0.25, -0.2) is 0 Å². The van der Waals surface area contributed by atoms with Crippen LogP contribution in [0.15, 0.2) is 0 Å². The van der Waals surface area contributed by atoms with E-state index in [1.54, 1.807) is 0 Å². The van der Waals surface area contributed by atoms with Crippen molar-refractivity contribution in [3.63, 3.8) is 0 Å². The van der Waals surface area contributed by atoms with Crippen molar-refractivity contribution in [1.29, 1.82) is 0 Å². The van der Waals surface area contributed by atoms with E-state index in [0.717, 1.165) is 25.4 Å². The third-order valence-electron chi connectivity index (χ3n) is 5.37. The molecule has 0 aromatic rings. The molecule has 2 aliphatic heterocycles. The molecule has 3 fully saturated rings. The molecule has 0 bridgehead atoms. The van der Waals surface area contributed by atoms with E-state index in [1.807, 2.05) is 0 Å². The van der Waals surface area contributed by atoms with Crippen molar-refractivity contribution in [1.82, 2.24) is 10.2 Å². The van der Waals surface area contributed by atoms with Gasteiger partial charge in [-0.15, -0.1) is 0 Å². The topological polar surface area (TPSA) is 35.5 Å². The summed E-state index contributed by atoms with van der Waals surface area (Å²) in [4.78, 5) is 2.63. The minimum Gasteiger partial charge on any atom is -0.389 e. The summed E-state index contributed by atoms with van der Waals surface area (Å²) in [6.45, 7) is 5.64. The molecule has 3 aliphatic rings. The standard InChI is InChI=1S/C15H28N2O/c1-12-4-2-7-15(18,10-12)11-16-13-6-9-17-8-3-5-14(13)17/h12-14,16,18H,2-11H2,1H3. The van der Waals surface area contributed by atoms with E-state index in [-0.39, 0.29) is 0 Å². The molecule has 4 atom stereocenters. The van der Waals surface area contributed by atoms with Crippen LogP contribution in [0, 0.1) is 5.92 Å². The van der Waals surface area contributed by atoms with Crippen molar-refractivity contribution in [3.05, 3.63) is 0 Å². The average Bonchev–Trinajstić information content (AvgIpc) is 2.88. The average molecular weight is 252 g/mol. The van der Waals surface area contributed by atoms with Crippen molar-refractivity contribution in [3.8, 4) is 0 Å². The first-order valence-electron chi connectivity index (χ1n) is 7.86. The lowest BCUT2D eigenvalue weighted by Crippen LogP contribution is -2.49. The van der Waals surface area contributed by atoms with Gasteiger partial charge in [0.1, 0.15) is 0 Å². The van der Waals surface area contributed by atoms with Gasteiger partial charge in [0.15, 0.2) is 0 Å². The normalized spacial score (nSPS) is 45.3. The zero-order valence-corrected chi connectivity index (χ0v) is 11.7. The number of hydrogen-bond donors (Lipinski definition) is 2. The Morgan fingerprint density at radius 3 is 2.94 bits per heavy atom. The van der Waals surface area contributed by atoms with Gasteiger partial charge < -0.3 is 10.4 Å². The SMILES string of the molecule is CC1CCCC(O)(CNC2CCN3CCCC23)C1. The maximum absolute atomic E-state index is 10.7. The smallest absolute Gasteiger partial charge is 0.0774 e. The second-order valence-electron chi connectivity index (χ2n) is 6.95. The summed E-state index contributed by atoms with van der Waals surface area (Å²) >= 11 is 0. The monoisotopic (exact) mass is 252 g/mol. The van der Waals surface area contributed by atoms with Crippen LogP contribution in [-0.2, 0) is 0 Å². The molecule has 4 unspecified atom stereocenters. The highest BCUT2D eigenvalue weighted by molar-refractivity contribution is 4.97. The molecule has 0 aromatic carbocycles. The summed E-state index contributed by atoms with van der Waals surface area (Å²) in [7, 11) is 0. The zero-order valence-electron chi connectivity index (χ0n) is 11.7. The van der Waals surface area contributed by atoms with Gasteiger partial charge in [0.25, 0.3) is 0 Å². The molecule has 3 nitrogen and oxygen atoms in total. The molecule has 0 spiro atoms. The number of nitrogens with zero attached hydrogens (tertiary/aromatic N) is 1. The first-order valence-corrected chi connectivity index (χ1v) is 7.86. The van der Waals surface area contributed by atoms with Crippen LogP contribution in [0.1, 0.15) is 51.9 Å². The maximum Gasteiger partial charge on any atom is 0.0774 e. The molecular weight excluding hydrogens is 224 g/mol. The molecule has 1 saturated carbocycles. The number of rotatable bonds is 3. The second kappa shape index (κ2) is 5.10. The summed E-state index contributed by atoms with van der Waals surface area (Å²) in [5.74, 6) is 0.692. The van der Waals surface area contributed by atoms with Crippen LogP contribution in [0.5, 0.6) is 0 Å².